The number of aryl methyl sites for hydroxylation is 1. The van der Waals surface area contributed by atoms with E-state index in [-0.39, 0.29) is 6.04 Å². The number of alkyl halides is 3. The number of rotatable bonds is 8. The number of halogens is 3. The molecule has 160 valence electrons. The Morgan fingerprint density at radius 1 is 0.900 bits per heavy atom. The van der Waals surface area contributed by atoms with Crippen LogP contribution < -0.4 is 0 Å². The molecule has 0 aliphatic carbocycles. The van der Waals surface area contributed by atoms with Crippen LogP contribution in [0, 0.1) is 0 Å². The van der Waals surface area contributed by atoms with Gasteiger partial charge in [0.2, 0.25) is 0 Å². The summed E-state index contributed by atoms with van der Waals surface area (Å²) in [7, 11) is 0. The molecule has 0 N–H and O–H groups in total. The van der Waals surface area contributed by atoms with Gasteiger partial charge in [-0.15, -0.1) is 0 Å². The molecule has 0 aliphatic heterocycles. The van der Waals surface area contributed by atoms with Crippen molar-refractivity contribution in [2.45, 2.75) is 58.3 Å². The molecule has 0 radical (unpaired) electrons. The van der Waals surface area contributed by atoms with E-state index in [1.54, 1.807) is 6.07 Å². The third-order valence-electron chi connectivity index (χ3n) is 6.06. The zero-order chi connectivity index (χ0) is 21.7. The van der Waals surface area contributed by atoms with Gasteiger partial charge in [-0.05, 0) is 67.6 Å². The van der Waals surface area contributed by atoms with E-state index < -0.39 is 11.7 Å². The van der Waals surface area contributed by atoms with Crippen molar-refractivity contribution in [2.75, 3.05) is 6.54 Å². The van der Waals surface area contributed by atoms with E-state index in [2.05, 4.69) is 68.1 Å². The first-order valence-electron chi connectivity index (χ1n) is 10.7. The average molecular weight is 414 g/mol. The van der Waals surface area contributed by atoms with Crippen LogP contribution in [0.4, 0.5) is 13.2 Å². The second kappa shape index (κ2) is 9.65. The normalized spacial score (nSPS) is 14.2. The van der Waals surface area contributed by atoms with E-state index >= 15 is 0 Å². The SMILES string of the molecule is CC[C@@H](C)N(CCCc1cccc(C(F)(F)F)c1)[C@H](C)c1cccc2ccccc12. The number of hydrogen-bond donors (Lipinski definition) is 0. The molecular formula is C26H30F3N. The largest absolute Gasteiger partial charge is 0.416 e. The van der Waals surface area contributed by atoms with Gasteiger partial charge in [0.1, 0.15) is 0 Å². The summed E-state index contributed by atoms with van der Waals surface area (Å²) >= 11 is 0. The second-order valence-electron chi connectivity index (χ2n) is 8.04. The fraction of sp³-hybridized carbons (Fsp3) is 0.385. The minimum Gasteiger partial charge on any atom is -0.294 e. The summed E-state index contributed by atoms with van der Waals surface area (Å²) < 4.78 is 38.9. The fourth-order valence-corrected chi connectivity index (χ4v) is 4.19. The van der Waals surface area contributed by atoms with Crippen molar-refractivity contribution in [3.8, 4) is 0 Å². The second-order valence-corrected chi connectivity index (χ2v) is 8.04. The molecule has 0 saturated carbocycles. The summed E-state index contributed by atoms with van der Waals surface area (Å²) in [6, 6.07) is 21.2. The topological polar surface area (TPSA) is 3.24 Å². The van der Waals surface area contributed by atoms with Crippen LogP contribution in [0.25, 0.3) is 10.8 Å². The van der Waals surface area contributed by atoms with Gasteiger partial charge in [0.05, 0.1) is 5.56 Å². The van der Waals surface area contributed by atoms with Crippen molar-refractivity contribution in [2.24, 2.45) is 0 Å². The van der Waals surface area contributed by atoms with Crippen LogP contribution >= 0.6 is 0 Å². The number of fused-ring (bicyclic) bond motifs is 1. The minimum absolute atomic E-state index is 0.229. The lowest BCUT2D eigenvalue weighted by atomic mass is 9.97. The van der Waals surface area contributed by atoms with E-state index in [1.807, 2.05) is 0 Å². The highest BCUT2D eigenvalue weighted by Crippen LogP contribution is 2.31. The number of nitrogens with zero attached hydrogens (tertiary/aromatic N) is 1. The van der Waals surface area contributed by atoms with Crippen molar-refractivity contribution in [3.05, 3.63) is 83.4 Å². The Morgan fingerprint density at radius 2 is 1.60 bits per heavy atom. The molecule has 30 heavy (non-hydrogen) atoms. The van der Waals surface area contributed by atoms with Gasteiger partial charge < -0.3 is 0 Å². The number of benzene rings is 3. The van der Waals surface area contributed by atoms with Crippen LogP contribution in [-0.2, 0) is 12.6 Å². The molecule has 2 atom stereocenters. The molecule has 0 amide bonds. The molecule has 0 saturated heterocycles. The maximum atomic E-state index is 13.0. The zero-order valence-corrected chi connectivity index (χ0v) is 17.9. The molecule has 3 aromatic carbocycles. The first-order chi connectivity index (χ1) is 14.3. The Balaban J connectivity index is 1.75. The van der Waals surface area contributed by atoms with Gasteiger partial charge >= 0.3 is 6.18 Å². The predicted molar refractivity (Wildman–Crippen MR) is 119 cm³/mol. The quantitative estimate of drug-likeness (QED) is 0.366. The highest BCUT2D eigenvalue weighted by Gasteiger charge is 2.30. The summed E-state index contributed by atoms with van der Waals surface area (Å²) in [5.74, 6) is 0. The van der Waals surface area contributed by atoms with E-state index in [9.17, 15) is 13.2 Å². The lowest BCUT2D eigenvalue weighted by Crippen LogP contribution is -2.36. The van der Waals surface area contributed by atoms with Crippen molar-refractivity contribution in [1.29, 1.82) is 0 Å². The molecular weight excluding hydrogens is 383 g/mol. The van der Waals surface area contributed by atoms with Crippen molar-refractivity contribution in [1.82, 2.24) is 4.90 Å². The summed E-state index contributed by atoms with van der Waals surface area (Å²) in [6.07, 6.45) is -1.81. The van der Waals surface area contributed by atoms with Crippen LogP contribution in [0.5, 0.6) is 0 Å². The summed E-state index contributed by atoms with van der Waals surface area (Å²) in [4.78, 5) is 2.48. The molecule has 0 spiro atoms. The Kier molecular flexibility index (Phi) is 7.19. The maximum absolute atomic E-state index is 13.0. The van der Waals surface area contributed by atoms with Crippen LogP contribution in [0.2, 0.25) is 0 Å². The van der Waals surface area contributed by atoms with E-state index in [1.165, 1.54) is 28.5 Å². The summed E-state index contributed by atoms with van der Waals surface area (Å²) in [6.45, 7) is 7.49. The first-order valence-corrected chi connectivity index (χ1v) is 10.7. The van der Waals surface area contributed by atoms with E-state index in [4.69, 9.17) is 0 Å². The molecule has 0 fully saturated rings. The van der Waals surface area contributed by atoms with Crippen molar-refractivity contribution < 1.29 is 13.2 Å². The zero-order valence-electron chi connectivity index (χ0n) is 17.9. The molecule has 0 bridgehead atoms. The molecule has 1 nitrogen and oxygen atoms in total. The van der Waals surface area contributed by atoms with E-state index in [0.717, 1.165) is 31.0 Å². The summed E-state index contributed by atoms with van der Waals surface area (Å²) in [5, 5.41) is 2.49. The van der Waals surface area contributed by atoms with Crippen LogP contribution in [0.1, 0.15) is 56.3 Å². The molecule has 0 aromatic heterocycles. The maximum Gasteiger partial charge on any atom is 0.416 e. The minimum atomic E-state index is -4.29. The third kappa shape index (κ3) is 5.23. The Labute approximate surface area is 177 Å². The van der Waals surface area contributed by atoms with Crippen molar-refractivity contribution in [3.63, 3.8) is 0 Å². The van der Waals surface area contributed by atoms with Crippen LogP contribution in [-0.4, -0.2) is 17.5 Å². The lowest BCUT2D eigenvalue weighted by molar-refractivity contribution is -0.137. The van der Waals surface area contributed by atoms with Crippen LogP contribution in [0.3, 0.4) is 0 Å². The third-order valence-corrected chi connectivity index (χ3v) is 6.06. The molecule has 3 aromatic rings. The molecule has 0 aliphatic rings. The standard InChI is InChI=1S/C26H30F3N/c1-4-19(2)30(17-9-11-21-10-7-14-23(18-21)26(27,28)29)20(3)24-16-8-13-22-12-5-6-15-25(22)24/h5-8,10,12-16,18-20H,4,9,11,17H2,1-3H3/t19-,20-/m1/s1. The highest BCUT2D eigenvalue weighted by atomic mass is 19.4. The lowest BCUT2D eigenvalue weighted by Gasteiger charge is -2.35. The molecule has 0 unspecified atom stereocenters. The highest BCUT2D eigenvalue weighted by molar-refractivity contribution is 5.86. The fourth-order valence-electron chi connectivity index (χ4n) is 4.19. The molecule has 4 heteroatoms. The van der Waals surface area contributed by atoms with Gasteiger partial charge in [0.15, 0.2) is 0 Å². The van der Waals surface area contributed by atoms with Gasteiger partial charge in [-0.1, -0.05) is 67.6 Å². The van der Waals surface area contributed by atoms with Gasteiger partial charge in [0, 0.05) is 12.1 Å². The number of hydrogen-bond acceptors (Lipinski definition) is 1. The van der Waals surface area contributed by atoms with Gasteiger partial charge in [-0.25, -0.2) is 0 Å². The molecule has 3 rings (SSSR count). The van der Waals surface area contributed by atoms with Gasteiger partial charge in [-0.3, -0.25) is 4.90 Å². The predicted octanol–water partition coefficient (Wildman–Crippen LogP) is 7.65. The van der Waals surface area contributed by atoms with E-state index in [0.29, 0.717) is 12.5 Å². The smallest absolute Gasteiger partial charge is 0.294 e. The van der Waals surface area contributed by atoms with Gasteiger partial charge in [-0.2, -0.15) is 13.2 Å². The Bertz CT molecular complexity index is 958. The van der Waals surface area contributed by atoms with Crippen molar-refractivity contribution >= 4 is 10.8 Å². The average Bonchev–Trinajstić information content (AvgIpc) is 2.75. The summed E-state index contributed by atoms with van der Waals surface area (Å²) in [5.41, 5.74) is 1.47. The van der Waals surface area contributed by atoms with Crippen LogP contribution in [0.15, 0.2) is 66.7 Å². The Morgan fingerprint density at radius 3 is 2.33 bits per heavy atom. The monoisotopic (exact) mass is 413 g/mol. The van der Waals surface area contributed by atoms with Gasteiger partial charge in [0.25, 0.3) is 0 Å². The Hall–Kier alpha value is -2.33. The molecule has 0 heterocycles. The first kappa shape index (κ1) is 22.4.